The monoisotopic (exact) mass is 730 g/mol. The van der Waals surface area contributed by atoms with Gasteiger partial charge in [-0.2, -0.15) is 0 Å². The number of hydrogen-bond acceptors (Lipinski definition) is 10. The number of carboxylic acid groups (broad SMARTS) is 2. The van der Waals surface area contributed by atoms with Gasteiger partial charge in [-0.05, 0) is 125 Å². The average Bonchev–Trinajstić information content (AvgIpc) is 3.99. The molecule has 8 bridgehead atoms. The molecule has 290 valence electrons. The van der Waals surface area contributed by atoms with Crippen LogP contribution in [0.15, 0.2) is 12.2 Å². The van der Waals surface area contributed by atoms with E-state index in [1.165, 1.54) is 54.1 Å². The summed E-state index contributed by atoms with van der Waals surface area (Å²) in [5.41, 5.74) is -0.965. The molecule has 12 heteroatoms. The maximum atomic E-state index is 11.5. The molecule has 0 aromatic carbocycles. The van der Waals surface area contributed by atoms with Crippen LogP contribution in [0.2, 0.25) is 0 Å². The highest BCUT2D eigenvalue weighted by molar-refractivity contribution is 5.83. The predicted molar refractivity (Wildman–Crippen MR) is 186 cm³/mol. The van der Waals surface area contributed by atoms with Gasteiger partial charge in [0.25, 0.3) is 0 Å². The van der Waals surface area contributed by atoms with Crippen LogP contribution < -0.4 is 0 Å². The maximum Gasteiger partial charge on any atom is 0.311 e. The number of allylic oxidation sites excluding steroid dienone is 2. The van der Waals surface area contributed by atoms with Crippen LogP contribution in [0, 0.1) is 75.9 Å². The Hall–Kier alpha value is -3.44. The second-order valence-corrected chi connectivity index (χ2v) is 16.9. The van der Waals surface area contributed by atoms with E-state index in [1.54, 1.807) is 0 Å². The number of rotatable bonds is 7. The highest BCUT2D eigenvalue weighted by Crippen LogP contribution is 2.58. The zero-order chi connectivity index (χ0) is 38.0. The van der Waals surface area contributed by atoms with Gasteiger partial charge in [0.2, 0.25) is 0 Å². The van der Waals surface area contributed by atoms with E-state index in [9.17, 15) is 33.9 Å². The van der Waals surface area contributed by atoms with E-state index in [0.29, 0.717) is 30.1 Å². The number of carboxylic acids is 2. The Kier molecular flexibility index (Phi) is 12.5. The lowest BCUT2D eigenvalue weighted by molar-refractivity contribution is -0.160. The van der Waals surface area contributed by atoms with Gasteiger partial charge in [-0.25, -0.2) is 0 Å². The van der Waals surface area contributed by atoms with E-state index in [1.807, 2.05) is 0 Å². The zero-order valence-electron chi connectivity index (χ0n) is 31.4. The van der Waals surface area contributed by atoms with E-state index in [-0.39, 0.29) is 53.4 Å². The summed E-state index contributed by atoms with van der Waals surface area (Å²) in [5.74, 6) is 0.529. The lowest BCUT2D eigenvalue weighted by atomic mass is 9.71. The Morgan fingerprint density at radius 1 is 0.654 bits per heavy atom. The molecule has 2 N–H and O–H groups in total. The van der Waals surface area contributed by atoms with E-state index in [4.69, 9.17) is 14.6 Å². The Morgan fingerprint density at radius 3 is 1.69 bits per heavy atom. The first-order valence-corrected chi connectivity index (χ1v) is 19.2. The SMILES string of the molecule is COC(=O)C1(C)CC2CCC1C2.COC(=O)C1C2CCC(C2)C1C(=O)O.COC(=O)C1CC2C=CC1C2.COC(=O)CC1(C(=O)O)CC2CCC1C2. The fourth-order valence-corrected chi connectivity index (χ4v) is 11.7. The molecule has 8 aliphatic rings. The molecule has 52 heavy (non-hydrogen) atoms. The van der Waals surface area contributed by atoms with Crippen LogP contribution in [0.4, 0.5) is 0 Å². The fraction of sp³-hybridized carbons (Fsp3) is 0.800. The van der Waals surface area contributed by atoms with Gasteiger partial charge in [-0.15, -0.1) is 0 Å². The quantitative estimate of drug-likeness (QED) is 0.186. The topological polar surface area (TPSA) is 180 Å². The second-order valence-electron chi connectivity index (χ2n) is 16.9. The van der Waals surface area contributed by atoms with Crippen molar-refractivity contribution < 1.29 is 57.9 Å². The van der Waals surface area contributed by atoms with Crippen molar-refractivity contribution in [1.82, 2.24) is 0 Å². The number of methoxy groups -OCH3 is 4. The summed E-state index contributed by atoms with van der Waals surface area (Å²) in [7, 11) is 5.61. The van der Waals surface area contributed by atoms with Gasteiger partial charge in [-0.1, -0.05) is 25.0 Å². The summed E-state index contributed by atoms with van der Waals surface area (Å²) in [5, 5.41) is 18.4. The van der Waals surface area contributed by atoms with E-state index in [0.717, 1.165) is 57.3 Å². The molecule has 0 amide bonds. The number of aliphatic carboxylic acids is 2. The van der Waals surface area contributed by atoms with Crippen LogP contribution in [-0.2, 0) is 47.7 Å². The summed E-state index contributed by atoms with van der Waals surface area (Å²) in [6, 6.07) is 0. The maximum absolute atomic E-state index is 11.5. The summed E-state index contributed by atoms with van der Waals surface area (Å²) in [4.78, 5) is 67.7. The van der Waals surface area contributed by atoms with Crippen LogP contribution in [0.1, 0.15) is 96.8 Å². The summed E-state index contributed by atoms with van der Waals surface area (Å²) < 4.78 is 18.8. The predicted octanol–water partition coefficient (Wildman–Crippen LogP) is 5.70. The largest absolute Gasteiger partial charge is 0.481 e. The zero-order valence-corrected chi connectivity index (χ0v) is 31.4. The third-order valence-corrected chi connectivity index (χ3v) is 14.4. The van der Waals surface area contributed by atoms with Gasteiger partial charge in [0.05, 0.1) is 63.4 Å². The number of carbonyl (C=O) groups excluding carboxylic acids is 4. The first-order valence-electron chi connectivity index (χ1n) is 19.2. The number of hydrogen-bond donors (Lipinski definition) is 2. The molecule has 13 unspecified atom stereocenters. The molecule has 0 radical (unpaired) electrons. The van der Waals surface area contributed by atoms with Crippen molar-refractivity contribution in [3.8, 4) is 0 Å². The van der Waals surface area contributed by atoms with Crippen LogP contribution >= 0.6 is 0 Å². The molecule has 0 spiro atoms. The summed E-state index contributed by atoms with van der Waals surface area (Å²) >= 11 is 0. The molecular weight excluding hydrogens is 672 g/mol. The van der Waals surface area contributed by atoms with Crippen molar-refractivity contribution in [2.24, 2.45) is 75.9 Å². The van der Waals surface area contributed by atoms with Gasteiger partial charge >= 0.3 is 35.8 Å². The van der Waals surface area contributed by atoms with Crippen LogP contribution in [-0.4, -0.2) is 74.5 Å². The molecule has 7 fully saturated rings. The van der Waals surface area contributed by atoms with Crippen molar-refractivity contribution >= 4 is 35.8 Å². The van der Waals surface area contributed by atoms with E-state index >= 15 is 0 Å². The molecule has 0 aliphatic heterocycles. The molecule has 0 saturated heterocycles. The standard InChI is InChI=1S/C11H16O4.C10H14O4.C10H16O2.C9H12O2/c1-15-9(12)6-11(10(13)14)5-7-2-3-8(11)4-7;1-14-10(13)8-6-3-2-5(4-6)7(8)9(11)12;1-10(9(11)12-2)6-7-3-4-8(10)5-7;1-11-9(10)8-5-6-2-3-7(8)4-6/h7-8H,2-6H2,1H3,(H,13,14);5-8H,2-4H2,1H3,(H,11,12);7-8H,3-6H2,1-2H3;2-3,6-8H,4-5H2,1H3. The highest BCUT2D eigenvalue weighted by Gasteiger charge is 2.57. The number of ether oxygens (including phenoxy) is 4. The highest BCUT2D eigenvalue weighted by atomic mass is 16.5. The lowest BCUT2D eigenvalue weighted by Crippen LogP contribution is -2.38. The molecule has 0 aromatic heterocycles. The van der Waals surface area contributed by atoms with Crippen LogP contribution in [0.3, 0.4) is 0 Å². The summed E-state index contributed by atoms with van der Waals surface area (Å²) in [6.07, 6.45) is 18.0. The molecule has 12 nitrogen and oxygen atoms in total. The fourth-order valence-electron chi connectivity index (χ4n) is 11.7. The Labute approximate surface area is 306 Å². The number of esters is 4. The molecular formula is C40H58O12. The number of carbonyl (C=O) groups is 6. The minimum Gasteiger partial charge on any atom is -0.481 e. The minimum atomic E-state index is -0.840. The van der Waals surface area contributed by atoms with Crippen molar-refractivity contribution in [2.45, 2.75) is 96.8 Å². The van der Waals surface area contributed by atoms with Gasteiger partial charge < -0.3 is 29.2 Å². The Balaban J connectivity index is 0.000000135. The minimum absolute atomic E-state index is 0.00898. The first kappa shape index (κ1) is 39.8. The van der Waals surface area contributed by atoms with Crippen molar-refractivity contribution in [1.29, 1.82) is 0 Å². The molecule has 7 saturated carbocycles. The van der Waals surface area contributed by atoms with Crippen molar-refractivity contribution in [3.63, 3.8) is 0 Å². The van der Waals surface area contributed by atoms with Gasteiger partial charge in [0, 0.05) is 0 Å². The molecule has 8 rings (SSSR count). The molecule has 13 atom stereocenters. The molecule has 8 aliphatic carbocycles. The van der Waals surface area contributed by atoms with Crippen LogP contribution in [0.25, 0.3) is 0 Å². The first-order chi connectivity index (χ1) is 24.7. The van der Waals surface area contributed by atoms with Gasteiger partial charge in [0.1, 0.15) is 0 Å². The Morgan fingerprint density at radius 2 is 1.27 bits per heavy atom. The molecule has 0 aromatic rings. The van der Waals surface area contributed by atoms with E-state index < -0.39 is 35.2 Å². The molecule has 0 heterocycles. The normalized spacial score (nSPS) is 40.4. The lowest BCUT2D eigenvalue weighted by Gasteiger charge is -2.32. The summed E-state index contributed by atoms with van der Waals surface area (Å²) in [6.45, 7) is 2.07. The third-order valence-electron chi connectivity index (χ3n) is 14.4. The average molecular weight is 731 g/mol. The third kappa shape index (κ3) is 7.77. The number of fused-ring (bicyclic) bond motifs is 8. The second kappa shape index (κ2) is 16.3. The Bertz CT molecular complexity index is 1410. The van der Waals surface area contributed by atoms with Gasteiger partial charge in [-0.3, -0.25) is 28.8 Å². The van der Waals surface area contributed by atoms with Crippen molar-refractivity contribution in [2.75, 3.05) is 28.4 Å². The van der Waals surface area contributed by atoms with E-state index in [2.05, 4.69) is 28.5 Å². The van der Waals surface area contributed by atoms with Gasteiger partial charge in [0.15, 0.2) is 0 Å². The van der Waals surface area contributed by atoms with Crippen LogP contribution in [0.5, 0.6) is 0 Å². The van der Waals surface area contributed by atoms with Crippen molar-refractivity contribution in [3.05, 3.63) is 12.2 Å². The smallest absolute Gasteiger partial charge is 0.311 e.